The highest BCUT2D eigenvalue weighted by Gasteiger charge is 2.34. The van der Waals surface area contributed by atoms with E-state index in [4.69, 9.17) is 9.73 Å². The largest absolute Gasteiger partial charge is 0.420 e. The van der Waals surface area contributed by atoms with Crippen molar-refractivity contribution in [1.82, 2.24) is 4.90 Å². The Bertz CT molecular complexity index is 1140. The van der Waals surface area contributed by atoms with Gasteiger partial charge in [0.15, 0.2) is 5.76 Å². The molecule has 1 heterocycles. The molecular weight excluding hydrogens is 446 g/mol. The molecule has 0 radical (unpaired) electrons. The maximum atomic E-state index is 13.0. The number of benzene rings is 2. The summed E-state index contributed by atoms with van der Waals surface area (Å²) in [5, 5.41) is 0. The number of ether oxygens (including phenoxy) is 1. The molecule has 0 aromatic heterocycles. The van der Waals surface area contributed by atoms with Gasteiger partial charge in [-0.1, -0.05) is 68.7 Å². The second-order valence-electron chi connectivity index (χ2n) is 9.16. The van der Waals surface area contributed by atoms with Gasteiger partial charge in [-0.3, -0.25) is 9.69 Å². The summed E-state index contributed by atoms with van der Waals surface area (Å²) >= 11 is 0. The van der Waals surface area contributed by atoms with Gasteiger partial charge in [0.1, 0.15) is 0 Å². The van der Waals surface area contributed by atoms with Gasteiger partial charge in [-0.05, 0) is 75.1 Å². The fourth-order valence-corrected chi connectivity index (χ4v) is 4.76. The monoisotopic (exact) mass is 483 g/mol. The molecule has 1 saturated carbocycles. The number of anilines is 2. The first-order valence-corrected chi connectivity index (χ1v) is 13.2. The van der Waals surface area contributed by atoms with Gasteiger partial charge < -0.3 is 9.64 Å². The van der Waals surface area contributed by atoms with E-state index < -0.39 is 0 Å². The zero-order chi connectivity index (χ0) is 25.3. The number of amides is 1. The molecule has 0 N–H and O–H groups in total. The number of para-hydroxylation sites is 1. The average molecular weight is 484 g/mol. The molecule has 36 heavy (non-hydrogen) atoms. The first-order chi connectivity index (χ1) is 17.6. The number of nitrogens with zero attached hydrogens (tertiary/aromatic N) is 3. The van der Waals surface area contributed by atoms with Crippen molar-refractivity contribution in [3.05, 3.63) is 89.8 Å². The average Bonchev–Trinajstić information content (AvgIpc) is 3.20. The predicted molar refractivity (Wildman–Crippen MR) is 149 cm³/mol. The fourth-order valence-electron chi connectivity index (χ4n) is 4.76. The molecule has 0 atom stereocenters. The van der Waals surface area contributed by atoms with Crippen LogP contribution in [0.4, 0.5) is 11.4 Å². The molecule has 2 fully saturated rings. The van der Waals surface area contributed by atoms with Gasteiger partial charge in [-0.15, -0.1) is 0 Å². The molecular formula is C31H37N3O2. The van der Waals surface area contributed by atoms with Gasteiger partial charge in [0.2, 0.25) is 0 Å². The van der Waals surface area contributed by atoms with Crippen molar-refractivity contribution in [2.45, 2.75) is 65.3 Å². The lowest BCUT2D eigenvalue weighted by atomic mass is 9.96. The number of hydrogen-bond acceptors (Lipinski definition) is 4. The summed E-state index contributed by atoms with van der Waals surface area (Å²) in [6.07, 6.45) is 15.0. The van der Waals surface area contributed by atoms with Crippen LogP contribution in [0.3, 0.4) is 0 Å². The normalized spacial score (nSPS) is 19.5. The molecule has 1 aliphatic heterocycles. The van der Waals surface area contributed by atoms with Gasteiger partial charge >= 0.3 is 6.02 Å². The van der Waals surface area contributed by atoms with E-state index in [0.717, 1.165) is 41.9 Å². The molecule has 188 valence electrons. The Hall–Kier alpha value is -3.60. The molecule has 4 rings (SSSR count). The zero-order valence-electron chi connectivity index (χ0n) is 21.7. The lowest BCUT2D eigenvalue weighted by Crippen LogP contribution is -2.30. The van der Waals surface area contributed by atoms with Gasteiger partial charge in [0.25, 0.3) is 5.91 Å². The van der Waals surface area contributed by atoms with Crippen molar-refractivity contribution in [2.75, 3.05) is 11.4 Å². The number of carbonyl (C=O) groups is 1. The molecule has 2 aromatic carbocycles. The Labute approximate surface area is 215 Å². The number of allylic oxidation sites excluding steroid dienone is 3. The minimum Gasteiger partial charge on any atom is -0.420 e. The summed E-state index contributed by atoms with van der Waals surface area (Å²) in [6, 6.07) is 19.3. The van der Waals surface area contributed by atoms with Gasteiger partial charge in [-0.2, -0.15) is 0 Å². The Balaban J connectivity index is 1.60. The number of hydrogen-bond donors (Lipinski definition) is 0. The molecule has 1 aliphatic carbocycles. The van der Waals surface area contributed by atoms with Crippen LogP contribution in [-0.4, -0.2) is 29.4 Å². The zero-order valence-corrected chi connectivity index (χ0v) is 21.7. The van der Waals surface area contributed by atoms with E-state index in [1.165, 1.54) is 19.3 Å². The summed E-state index contributed by atoms with van der Waals surface area (Å²) in [6.45, 7) is 6.68. The fraction of sp³-hybridized carbons (Fsp3) is 0.355. The van der Waals surface area contributed by atoms with Gasteiger partial charge in [0.05, 0.1) is 6.04 Å². The highest BCUT2D eigenvalue weighted by molar-refractivity contribution is 6.11. The summed E-state index contributed by atoms with van der Waals surface area (Å²) < 4.78 is 5.99. The molecule has 0 bridgehead atoms. The quantitative estimate of drug-likeness (QED) is 0.287. The first kappa shape index (κ1) is 25.5. The summed E-state index contributed by atoms with van der Waals surface area (Å²) in [5.41, 5.74) is 4.18. The molecule has 1 saturated heterocycles. The van der Waals surface area contributed by atoms with E-state index in [2.05, 4.69) is 66.4 Å². The second-order valence-corrected chi connectivity index (χ2v) is 9.16. The summed E-state index contributed by atoms with van der Waals surface area (Å²) in [5.74, 6) is 0.211. The van der Waals surface area contributed by atoms with Gasteiger partial charge in [0, 0.05) is 23.6 Å². The highest BCUT2D eigenvalue weighted by atomic mass is 16.5. The summed E-state index contributed by atoms with van der Waals surface area (Å²) in [4.78, 5) is 21.7. The lowest BCUT2D eigenvalue weighted by Gasteiger charge is -2.26. The summed E-state index contributed by atoms with van der Waals surface area (Å²) in [7, 11) is 0. The minimum absolute atomic E-state index is 0.122. The predicted octanol–water partition coefficient (Wildman–Crippen LogP) is 7.60. The standard InChI is InChI=1S/C31H37N3O2/c1-4-13-26(14-5-2)34(27-17-11-8-12-18-27)28-21-19-24(20-22-28)23-29-30(35)33(6-3)31(36-29)32-25-15-9-7-10-16-25/h4,8,11-14,17-23,25H,5-7,9-10,15-16H2,1-3H3/b13-4-,26-14+,29-23+,32-31?. The first-order valence-electron chi connectivity index (χ1n) is 13.2. The highest BCUT2D eigenvalue weighted by Crippen LogP contribution is 2.31. The lowest BCUT2D eigenvalue weighted by molar-refractivity contribution is -0.122. The number of rotatable bonds is 8. The van der Waals surface area contributed by atoms with Crippen LogP contribution >= 0.6 is 0 Å². The minimum atomic E-state index is -0.122. The second kappa shape index (κ2) is 12.4. The van der Waals surface area contributed by atoms with E-state index in [1.807, 2.05) is 38.1 Å². The van der Waals surface area contributed by atoms with Crippen LogP contribution in [0.2, 0.25) is 0 Å². The van der Waals surface area contributed by atoms with Crippen molar-refractivity contribution in [3.8, 4) is 0 Å². The topological polar surface area (TPSA) is 45.1 Å². The maximum Gasteiger partial charge on any atom is 0.300 e. The van der Waals surface area contributed by atoms with Crippen LogP contribution in [0, 0.1) is 0 Å². The van der Waals surface area contributed by atoms with E-state index in [0.29, 0.717) is 18.3 Å². The van der Waals surface area contributed by atoms with E-state index >= 15 is 0 Å². The van der Waals surface area contributed by atoms with E-state index in [9.17, 15) is 4.79 Å². The van der Waals surface area contributed by atoms with Crippen LogP contribution in [0.25, 0.3) is 6.08 Å². The van der Waals surface area contributed by atoms with Crippen molar-refractivity contribution >= 4 is 29.4 Å². The molecule has 2 aliphatic rings. The van der Waals surface area contributed by atoms with Crippen LogP contribution in [0.5, 0.6) is 0 Å². The molecule has 5 nitrogen and oxygen atoms in total. The van der Waals surface area contributed by atoms with E-state index in [1.54, 1.807) is 4.90 Å². The number of amidine groups is 1. The van der Waals surface area contributed by atoms with Crippen LogP contribution < -0.4 is 4.90 Å². The SMILES string of the molecule is C/C=C\C(=C/CC)N(c1ccccc1)c1ccc(/C=C2/OC(=NC3CCCCC3)N(CC)C2=O)cc1. The van der Waals surface area contributed by atoms with Crippen molar-refractivity contribution in [1.29, 1.82) is 0 Å². The third-order valence-electron chi connectivity index (χ3n) is 6.54. The van der Waals surface area contributed by atoms with Crippen molar-refractivity contribution in [3.63, 3.8) is 0 Å². The van der Waals surface area contributed by atoms with Crippen molar-refractivity contribution < 1.29 is 9.53 Å². The molecule has 0 spiro atoms. The Morgan fingerprint density at radius 2 is 1.72 bits per heavy atom. The number of likely N-dealkylation sites (N-methyl/N-ethyl adjacent to an activating group) is 1. The molecule has 1 amide bonds. The molecule has 2 aromatic rings. The molecule has 0 unspecified atom stereocenters. The Kier molecular flexibility index (Phi) is 8.77. The van der Waals surface area contributed by atoms with Crippen LogP contribution in [-0.2, 0) is 9.53 Å². The van der Waals surface area contributed by atoms with Crippen LogP contribution in [0.1, 0.15) is 64.9 Å². The Morgan fingerprint density at radius 1 is 1.03 bits per heavy atom. The Morgan fingerprint density at radius 3 is 2.36 bits per heavy atom. The van der Waals surface area contributed by atoms with Crippen molar-refractivity contribution in [2.24, 2.45) is 4.99 Å². The molecule has 5 heteroatoms. The smallest absolute Gasteiger partial charge is 0.300 e. The number of aliphatic imine (C=N–C) groups is 1. The third-order valence-corrected chi connectivity index (χ3v) is 6.54. The van der Waals surface area contributed by atoms with Gasteiger partial charge in [-0.25, -0.2) is 4.99 Å². The van der Waals surface area contributed by atoms with Crippen LogP contribution in [0.15, 0.2) is 89.3 Å². The maximum absolute atomic E-state index is 13.0. The number of carbonyl (C=O) groups excluding carboxylic acids is 1. The third kappa shape index (κ3) is 5.96. The van der Waals surface area contributed by atoms with E-state index in [-0.39, 0.29) is 11.9 Å².